The summed E-state index contributed by atoms with van der Waals surface area (Å²) in [5.74, 6) is -0.431. The number of hydrogen-bond acceptors (Lipinski definition) is 6. The van der Waals surface area contributed by atoms with Crippen LogP contribution in [0.2, 0.25) is 0 Å². The van der Waals surface area contributed by atoms with Gasteiger partial charge in [-0.25, -0.2) is 17.9 Å². The van der Waals surface area contributed by atoms with Gasteiger partial charge in [0.05, 0.1) is 5.69 Å². The van der Waals surface area contributed by atoms with Crippen molar-refractivity contribution in [2.75, 3.05) is 11.9 Å². The monoisotopic (exact) mass is 451 g/mol. The molecular weight excluding hydrogens is 418 g/mol. The number of anilines is 1. The van der Waals surface area contributed by atoms with Crippen molar-refractivity contribution in [2.45, 2.75) is 63.4 Å². The Labute approximate surface area is 184 Å². The summed E-state index contributed by atoms with van der Waals surface area (Å²) in [7, 11) is -3.84. The SMILES string of the molecule is CC(C)(C)OC(N)=O.O=C1NS(=O)(=O)c2ccccc2NCCCCC/C=C\[C@@H]2C[C@H]12. The van der Waals surface area contributed by atoms with Gasteiger partial charge in [0.2, 0.25) is 5.91 Å². The Morgan fingerprint density at radius 1 is 1.16 bits per heavy atom. The van der Waals surface area contributed by atoms with Crippen LogP contribution in [0.15, 0.2) is 41.3 Å². The standard InChI is InChI=1S/C17H22N2O3S.C5H11NO2/c20-17-14-12-13(14)8-4-2-1-3-7-11-18-15-9-5-6-10-16(15)23(21,22)19-17;1-5(2,3)8-4(6)7/h4-6,8-10,13-14,18H,1-3,7,11-12H2,(H,19,20);1-3H3,(H2,6,7)/b8-4-;/t13-,14+;/m1./s1. The molecule has 4 N–H and O–H groups in total. The Morgan fingerprint density at radius 2 is 1.87 bits per heavy atom. The molecule has 1 aromatic carbocycles. The zero-order valence-electron chi connectivity index (χ0n) is 18.4. The number of benzene rings is 1. The second-order valence-corrected chi connectivity index (χ2v) is 10.4. The van der Waals surface area contributed by atoms with Crippen LogP contribution in [0.1, 0.15) is 52.9 Å². The maximum atomic E-state index is 12.5. The van der Waals surface area contributed by atoms with Crippen LogP contribution < -0.4 is 15.8 Å². The number of para-hydroxylation sites is 1. The van der Waals surface area contributed by atoms with E-state index in [9.17, 15) is 18.0 Å². The molecule has 1 fully saturated rings. The Kier molecular flexibility index (Phi) is 8.50. The van der Waals surface area contributed by atoms with Gasteiger partial charge in [0, 0.05) is 12.5 Å². The molecule has 1 aliphatic carbocycles. The molecule has 1 saturated carbocycles. The molecule has 1 aromatic rings. The van der Waals surface area contributed by atoms with Crippen molar-refractivity contribution in [1.29, 1.82) is 0 Å². The van der Waals surface area contributed by atoms with Gasteiger partial charge in [0.1, 0.15) is 10.5 Å². The first-order valence-corrected chi connectivity index (χ1v) is 12.0. The van der Waals surface area contributed by atoms with E-state index in [1.165, 1.54) is 6.07 Å². The van der Waals surface area contributed by atoms with Crippen molar-refractivity contribution in [3.63, 3.8) is 0 Å². The number of amides is 2. The number of primary amides is 1. The van der Waals surface area contributed by atoms with E-state index in [2.05, 4.69) is 26.9 Å². The van der Waals surface area contributed by atoms with Crippen LogP contribution in [-0.2, 0) is 19.6 Å². The van der Waals surface area contributed by atoms with Gasteiger partial charge in [-0.15, -0.1) is 0 Å². The lowest BCUT2D eigenvalue weighted by Crippen LogP contribution is -2.32. The quantitative estimate of drug-likeness (QED) is 0.518. The summed E-state index contributed by atoms with van der Waals surface area (Å²) in [6.45, 7) is 6.00. The van der Waals surface area contributed by atoms with E-state index in [0.717, 1.165) is 38.6 Å². The highest BCUT2D eigenvalue weighted by molar-refractivity contribution is 7.90. The minimum absolute atomic E-state index is 0.135. The number of allylic oxidation sites excluding steroid dienone is 2. The smallest absolute Gasteiger partial charge is 0.405 e. The molecule has 1 heterocycles. The second kappa shape index (κ2) is 10.7. The predicted octanol–water partition coefficient (Wildman–Crippen LogP) is 3.55. The first kappa shape index (κ1) is 24.7. The molecule has 0 spiro atoms. The number of carbonyl (C=O) groups is 2. The molecule has 0 bridgehead atoms. The molecule has 8 nitrogen and oxygen atoms in total. The van der Waals surface area contributed by atoms with Gasteiger partial charge in [-0.1, -0.05) is 30.7 Å². The zero-order valence-corrected chi connectivity index (χ0v) is 19.2. The lowest BCUT2D eigenvalue weighted by Gasteiger charge is -2.16. The van der Waals surface area contributed by atoms with Crippen molar-refractivity contribution in [2.24, 2.45) is 17.6 Å². The number of ether oxygens (including phenoxy) is 1. The highest BCUT2D eigenvalue weighted by Gasteiger charge is 2.42. The van der Waals surface area contributed by atoms with E-state index in [1.54, 1.807) is 39.0 Å². The minimum Gasteiger partial charge on any atom is -0.444 e. The number of sulfonamides is 1. The minimum atomic E-state index is -3.84. The third-order valence-electron chi connectivity index (χ3n) is 4.74. The molecule has 3 rings (SSSR count). The van der Waals surface area contributed by atoms with E-state index in [0.29, 0.717) is 5.69 Å². The number of nitrogens with one attached hydrogen (secondary N) is 2. The Morgan fingerprint density at radius 3 is 2.52 bits per heavy atom. The van der Waals surface area contributed by atoms with Gasteiger partial charge in [0.25, 0.3) is 10.0 Å². The summed E-state index contributed by atoms with van der Waals surface area (Å²) < 4.78 is 31.8. The van der Waals surface area contributed by atoms with Crippen LogP contribution >= 0.6 is 0 Å². The summed E-state index contributed by atoms with van der Waals surface area (Å²) >= 11 is 0. The number of hydrogen-bond donors (Lipinski definition) is 3. The van der Waals surface area contributed by atoms with Gasteiger partial charge >= 0.3 is 6.09 Å². The van der Waals surface area contributed by atoms with Crippen molar-refractivity contribution in [3.05, 3.63) is 36.4 Å². The molecule has 31 heavy (non-hydrogen) atoms. The van der Waals surface area contributed by atoms with Crippen LogP contribution in [0.5, 0.6) is 0 Å². The molecule has 2 aliphatic rings. The average molecular weight is 452 g/mol. The molecule has 0 unspecified atom stereocenters. The van der Waals surface area contributed by atoms with Gasteiger partial charge in [-0.05, 0) is 64.5 Å². The van der Waals surface area contributed by atoms with E-state index in [-0.39, 0.29) is 16.7 Å². The Hall–Kier alpha value is -2.55. The van der Waals surface area contributed by atoms with Gasteiger partial charge < -0.3 is 15.8 Å². The molecule has 1 aliphatic heterocycles. The van der Waals surface area contributed by atoms with Crippen LogP contribution in [0.25, 0.3) is 0 Å². The lowest BCUT2D eigenvalue weighted by atomic mass is 10.1. The summed E-state index contributed by atoms with van der Waals surface area (Å²) in [6, 6.07) is 6.72. The van der Waals surface area contributed by atoms with Crippen molar-refractivity contribution in [3.8, 4) is 0 Å². The molecular formula is C22H33N3O5S. The summed E-state index contributed by atoms with van der Waals surface area (Å²) in [5.41, 5.74) is 4.81. The Bertz CT molecular complexity index is 906. The molecule has 172 valence electrons. The number of carbonyl (C=O) groups excluding carboxylic acids is 2. The van der Waals surface area contributed by atoms with E-state index < -0.39 is 27.6 Å². The van der Waals surface area contributed by atoms with E-state index in [1.807, 2.05) is 0 Å². The van der Waals surface area contributed by atoms with E-state index in [4.69, 9.17) is 5.73 Å². The highest BCUT2D eigenvalue weighted by atomic mass is 32.2. The third-order valence-corrected chi connectivity index (χ3v) is 6.15. The largest absolute Gasteiger partial charge is 0.444 e. The molecule has 0 aromatic heterocycles. The lowest BCUT2D eigenvalue weighted by molar-refractivity contribution is -0.120. The molecule has 2 atom stereocenters. The van der Waals surface area contributed by atoms with Gasteiger partial charge in [-0.2, -0.15) is 0 Å². The maximum absolute atomic E-state index is 12.5. The average Bonchev–Trinajstić information content (AvgIpc) is 3.41. The fourth-order valence-electron chi connectivity index (χ4n) is 3.20. The summed E-state index contributed by atoms with van der Waals surface area (Å²) in [6.07, 6.45) is 8.39. The third kappa shape index (κ3) is 8.61. The van der Waals surface area contributed by atoms with Crippen molar-refractivity contribution < 1.29 is 22.7 Å². The van der Waals surface area contributed by atoms with Crippen LogP contribution in [0.4, 0.5) is 10.5 Å². The number of nitrogens with two attached hydrogens (primary N) is 1. The second-order valence-electron chi connectivity index (χ2n) is 8.71. The maximum Gasteiger partial charge on any atom is 0.405 e. The topological polar surface area (TPSA) is 128 Å². The fraction of sp³-hybridized carbons (Fsp3) is 0.545. The first-order chi connectivity index (χ1) is 14.5. The van der Waals surface area contributed by atoms with Crippen LogP contribution in [-0.4, -0.2) is 32.6 Å². The van der Waals surface area contributed by atoms with Gasteiger partial charge in [0.15, 0.2) is 0 Å². The number of rotatable bonds is 0. The molecule has 0 radical (unpaired) electrons. The normalized spacial score (nSPS) is 24.2. The fourth-order valence-corrected chi connectivity index (χ4v) is 4.41. The van der Waals surface area contributed by atoms with Gasteiger partial charge in [-0.3, -0.25) is 4.79 Å². The first-order valence-electron chi connectivity index (χ1n) is 10.5. The highest BCUT2D eigenvalue weighted by Crippen LogP contribution is 2.40. The van der Waals surface area contributed by atoms with Crippen LogP contribution in [0, 0.1) is 11.8 Å². The van der Waals surface area contributed by atoms with Crippen molar-refractivity contribution >= 4 is 27.7 Å². The Balaban J connectivity index is 0.000000366. The zero-order chi connectivity index (χ0) is 23.1. The summed E-state index contributed by atoms with van der Waals surface area (Å²) in [4.78, 5) is 22.3. The van der Waals surface area contributed by atoms with Crippen molar-refractivity contribution in [1.82, 2.24) is 4.72 Å². The van der Waals surface area contributed by atoms with E-state index >= 15 is 0 Å². The predicted molar refractivity (Wildman–Crippen MR) is 120 cm³/mol. The summed E-state index contributed by atoms with van der Waals surface area (Å²) in [5, 5.41) is 3.18. The molecule has 9 heteroatoms. The molecule has 2 amide bonds. The van der Waals surface area contributed by atoms with Crippen LogP contribution in [0.3, 0.4) is 0 Å². The molecule has 0 saturated heterocycles. The number of fused-ring (bicyclic) bond motifs is 2.